The normalized spacial score (nSPS) is 16.1. The van der Waals surface area contributed by atoms with Crippen LogP contribution < -0.4 is 14.4 Å². The van der Waals surface area contributed by atoms with Gasteiger partial charge >= 0.3 is 0 Å². The minimum atomic E-state index is -3.84. The Hall–Kier alpha value is -3.56. The summed E-state index contributed by atoms with van der Waals surface area (Å²) < 4.78 is 34.0. The third-order valence-electron chi connectivity index (χ3n) is 5.55. The second kappa shape index (κ2) is 9.00. The van der Waals surface area contributed by atoms with E-state index in [1.807, 2.05) is 48.5 Å². The van der Waals surface area contributed by atoms with E-state index in [2.05, 4.69) is 9.71 Å². The average Bonchev–Trinajstić information content (AvgIpc) is 3.25. The van der Waals surface area contributed by atoms with Gasteiger partial charge in [-0.2, -0.15) is 0 Å². The summed E-state index contributed by atoms with van der Waals surface area (Å²) in [7, 11) is -2.24. The summed E-state index contributed by atoms with van der Waals surface area (Å²) in [6.45, 7) is 0. The Bertz CT molecular complexity index is 1450. The van der Waals surface area contributed by atoms with Crippen molar-refractivity contribution in [3.63, 3.8) is 0 Å². The third-order valence-corrected chi connectivity index (χ3v) is 8.18. The first-order chi connectivity index (χ1) is 16.5. The number of amides is 1. The summed E-state index contributed by atoms with van der Waals surface area (Å²) >= 11 is 1.53. The van der Waals surface area contributed by atoms with Gasteiger partial charge in [-0.15, -0.1) is 11.8 Å². The number of pyridine rings is 1. The maximum atomic E-state index is 13.1. The number of thioether (sulfide) groups is 1. The zero-order valence-corrected chi connectivity index (χ0v) is 19.8. The molecule has 0 aliphatic carbocycles. The first kappa shape index (κ1) is 22.2. The van der Waals surface area contributed by atoms with Crippen LogP contribution in [0.3, 0.4) is 0 Å². The predicted molar refractivity (Wildman–Crippen MR) is 135 cm³/mol. The van der Waals surface area contributed by atoms with Gasteiger partial charge in [0.2, 0.25) is 5.91 Å². The largest absolute Gasteiger partial charge is 0.497 e. The molecule has 172 valence electrons. The maximum absolute atomic E-state index is 13.1. The van der Waals surface area contributed by atoms with Crippen molar-refractivity contribution in [2.75, 3.05) is 22.5 Å². The second-order valence-electron chi connectivity index (χ2n) is 7.68. The van der Waals surface area contributed by atoms with Crippen LogP contribution in [-0.2, 0) is 14.8 Å². The topological polar surface area (TPSA) is 88.6 Å². The molecule has 4 aromatic rings. The number of hydrogen-bond acceptors (Lipinski definition) is 6. The van der Waals surface area contributed by atoms with Crippen LogP contribution in [0.2, 0.25) is 0 Å². The summed E-state index contributed by atoms with van der Waals surface area (Å²) in [6.07, 6.45) is 1.57. The van der Waals surface area contributed by atoms with E-state index in [-0.39, 0.29) is 16.2 Å². The fourth-order valence-electron chi connectivity index (χ4n) is 3.91. The molecule has 0 saturated carbocycles. The second-order valence-corrected chi connectivity index (χ2v) is 10.4. The molecule has 0 spiro atoms. The molecule has 1 aliphatic rings. The number of anilines is 2. The van der Waals surface area contributed by atoms with E-state index in [9.17, 15) is 13.2 Å². The van der Waals surface area contributed by atoms with E-state index in [1.165, 1.54) is 11.8 Å². The highest BCUT2D eigenvalue weighted by Crippen LogP contribution is 2.42. The monoisotopic (exact) mass is 491 g/mol. The quantitative estimate of drug-likeness (QED) is 0.416. The number of rotatable bonds is 6. The van der Waals surface area contributed by atoms with Crippen molar-refractivity contribution >= 4 is 50.0 Å². The standard InChI is InChI=1S/C25H21N3O4S2/c1-32-21-13-11-20(12-14-21)28-23(29)16-33-25(28)18-7-9-19(10-8-18)27-34(30,31)22-6-2-4-17-5-3-15-26-24(17)22/h2-15,25,27H,16H2,1H3. The lowest BCUT2D eigenvalue weighted by Gasteiger charge is -2.24. The molecule has 1 atom stereocenters. The van der Waals surface area contributed by atoms with Gasteiger partial charge in [0.15, 0.2) is 0 Å². The Labute approximate surface area is 201 Å². The maximum Gasteiger partial charge on any atom is 0.264 e. The van der Waals surface area contributed by atoms with Gasteiger partial charge in [-0.3, -0.25) is 19.4 Å². The van der Waals surface area contributed by atoms with Crippen LogP contribution in [0, 0.1) is 0 Å². The molecule has 34 heavy (non-hydrogen) atoms. The van der Waals surface area contributed by atoms with Crippen molar-refractivity contribution in [1.29, 1.82) is 0 Å². The molecule has 2 heterocycles. The van der Waals surface area contributed by atoms with Gasteiger partial charge in [-0.25, -0.2) is 8.42 Å². The lowest BCUT2D eigenvalue weighted by atomic mass is 10.1. The Morgan fingerprint density at radius 3 is 2.47 bits per heavy atom. The van der Waals surface area contributed by atoms with Gasteiger partial charge in [0, 0.05) is 23.0 Å². The van der Waals surface area contributed by atoms with Crippen molar-refractivity contribution in [3.8, 4) is 5.75 Å². The average molecular weight is 492 g/mol. The molecule has 1 aliphatic heterocycles. The fourth-order valence-corrected chi connectivity index (χ4v) is 6.33. The Kier molecular flexibility index (Phi) is 5.89. The van der Waals surface area contributed by atoms with Crippen molar-refractivity contribution < 1.29 is 17.9 Å². The minimum Gasteiger partial charge on any atom is -0.497 e. The summed E-state index contributed by atoms with van der Waals surface area (Å²) in [6, 6.07) is 23.1. The number of nitrogens with zero attached hydrogens (tertiary/aromatic N) is 2. The molecule has 1 N–H and O–H groups in total. The van der Waals surface area contributed by atoms with Crippen LogP contribution in [0.15, 0.2) is 90.0 Å². The highest BCUT2D eigenvalue weighted by molar-refractivity contribution is 8.00. The van der Waals surface area contributed by atoms with Crippen molar-refractivity contribution in [1.82, 2.24) is 4.98 Å². The molecule has 0 radical (unpaired) electrons. The SMILES string of the molecule is COc1ccc(N2C(=O)CSC2c2ccc(NS(=O)(=O)c3cccc4cccnc34)cc2)cc1. The van der Waals surface area contributed by atoms with Gasteiger partial charge in [-0.05, 0) is 54.1 Å². The minimum absolute atomic E-state index is 0.0217. The highest BCUT2D eigenvalue weighted by Gasteiger charge is 2.34. The van der Waals surface area contributed by atoms with Crippen LogP contribution in [-0.4, -0.2) is 32.2 Å². The van der Waals surface area contributed by atoms with Crippen LogP contribution >= 0.6 is 11.8 Å². The lowest BCUT2D eigenvalue weighted by Crippen LogP contribution is -2.27. The number of methoxy groups -OCH3 is 1. The number of ether oxygens (including phenoxy) is 1. The smallest absolute Gasteiger partial charge is 0.264 e. The molecule has 1 unspecified atom stereocenters. The number of nitrogens with one attached hydrogen (secondary N) is 1. The predicted octanol–water partition coefficient (Wildman–Crippen LogP) is 4.82. The first-order valence-electron chi connectivity index (χ1n) is 10.5. The van der Waals surface area contributed by atoms with Gasteiger partial charge in [0.25, 0.3) is 10.0 Å². The van der Waals surface area contributed by atoms with E-state index in [0.29, 0.717) is 17.0 Å². The lowest BCUT2D eigenvalue weighted by molar-refractivity contribution is -0.115. The van der Waals surface area contributed by atoms with Gasteiger partial charge in [-0.1, -0.05) is 30.3 Å². The first-order valence-corrected chi connectivity index (χ1v) is 13.0. The Morgan fingerprint density at radius 2 is 1.74 bits per heavy atom. The molecule has 1 saturated heterocycles. The van der Waals surface area contributed by atoms with Crippen molar-refractivity contribution in [3.05, 3.63) is 90.6 Å². The number of benzene rings is 3. The summed E-state index contributed by atoms with van der Waals surface area (Å²) in [4.78, 5) is 18.7. The van der Waals surface area contributed by atoms with Gasteiger partial charge < -0.3 is 4.74 Å². The number of aromatic nitrogens is 1. The van der Waals surface area contributed by atoms with Crippen LogP contribution in [0.1, 0.15) is 10.9 Å². The number of fused-ring (bicyclic) bond motifs is 1. The molecule has 5 rings (SSSR count). The van der Waals surface area contributed by atoms with E-state index in [1.54, 1.807) is 48.5 Å². The molecule has 7 nitrogen and oxygen atoms in total. The summed E-state index contributed by atoms with van der Waals surface area (Å²) in [5.74, 6) is 1.12. The van der Waals surface area contributed by atoms with E-state index in [4.69, 9.17) is 4.74 Å². The van der Waals surface area contributed by atoms with Gasteiger partial charge in [0.1, 0.15) is 16.0 Å². The molecule has 1 amide bonds. The van der Waals surface area contributed by atoms with Crippen LogP contribution in [0.5, 0.6) is 5.75 Å². The highest BCUT2D eigenvalue weighted by atomic mass is 32.2. The number of para-hydroxylation sites is 1. The van der Waals surface area contributed by atoms with E-state index in [0.717, 1.165) is 22.4 Å². The van der Waals surface area contributed by atoms with Crippen molar-refractivity contribution in [2.24, 2.45) is 0 Å². The zero-order valence-electron chi connectivity index (χ0n) is 18.2. The van der Waals surface area contributed by atoms with Crippen molar-refractivity contribution in [2.45, 2.75) is 10.3 Å². The molecule has 0 bridgehead atoms. The number of sulfonamides is 1. The van der Waals surface area contributed by atoms with Crippen LogP contribution in [0.4, 0.5) is 11.4 Å². The number of carbonyl (C=O) groups excluding carboxylic acids is 1. The Morgan fingerprint density at radius 1 is 1.00 bits per heavy atom. The molecule has 9 heteroatoms. The molecule has 3 aromatic carbocycles. The fraction of sp³-hybridized carbons (Fsp3) is 0.120. The number of carbonyl (C=O) groups is 1. The molecular formula is C25H21N3O4S2. The number of hydrogen-bond donors (Lipinski definition) is 1. The zero-order chi connectivity index (χ0) is 23.7. The molecule has 1 aromatic heterocycles. The summed E-state index contributed by atoms with van der Waals surface area (Å²) in [5, 5.41) is 0.552. The van der Waals surface area contributed by atoms with Crippen LogP contribution in [0.25, 0.3) is 10.9 Å². The van der Waals surface area contributed by atoms with E-state index < -0.39 is 10.0 Å². The van der Waals surface area contributed by atoms with Gasteiger partial charge in [0.05, 0.1) is 18.4 Å². The summed E-state index contributed by atoms with van der Waals surface area (Å²) in [5.41, 5.74) is 2.54. The molecule has 1 fully saturated rings. The molecular weight excluding hydrogens is 470 g/mol. The Balaban J connectivity index is 1.39. The third kappa shape index (κ3) is 4.20. The van der Waals surface area contributed by atoms with E-state index >= 15 is 0 Å².